The Morgan fingerprint density at radius 2 is 1.44 bits per heavy atom. The minimum Gasteiger partial charge on any atom is -0.491 e. The van der Waals surface area contributed by atoms with Gasteiger partial charge >= 0.3 is 23.9 Å². The van der Waals surface area contributed by atoms with E-state index >= 15 is 0 Å². The Bertz CT molecular complexity index is 2130. The second kappa shape index (κ2) is 18.6. The smallest absolute Gasteiger partial charge is 0.343 e. The van der Waals surface area contributed by atoms with Crippen molar-refractivity contribution >= 4 is 56.8 Å². The van der Waals surface area contributed by atoms with Crippen molar-refractivity contribution < 1.29 is 47.6 Å². The van der Waals surface area contributed by atoms with E-state index < -0.39 is 30.0 Å². The van der Waals surface area contributed by atoms with Crippen LogP contribution in [0.15, 0.2) is 121 Å². The molecule has 4 aromatic carbocycles. The number of hydrogen-bond acceptors (Lipinski definition) is 14. The molecule has 5 aromatic rings. The van der Waals surface area contributed by atoms with Crippen LogP contribution in [-0.2, 0) is 19.1 Å². The third-order valence-electron chi connectivity index (χ3n) is 7.07. The van der Waals surface area contributed by atoms with E-state index in [-0.39, 0.29) is 36.4 Å². The summed E-state index contributed by atoms with van der Waals surface area (Å²) in [5.74, 6) is -1.43. The molecule has 0 saturated heterocycles. The number of carbonyl (C=O) groups is 4. The van der Waals surface area contributed by atoms with Gasteiger partial charge in [0.25, 0.3) is 0 Å². The molecule has 1 atom stereocenters. The Balaban J connectivity index is 1.29. The zero-order valence-electron chi connectivity index (χ0n) is 29.3. The number of para-hydroxylation sites is 1. The SMILES string of the molecule is C=CC(=O)OCC(COc1ccc(C(=O)Oc2ccc(OC(=O)c3ccc(OC(C)C)cc3)cc2/C=N/Nc2nc3ccccc3s2)cc1)OC(=O)C=C. The van der Waals surface area contributed by atoms with Crippen LogP contribution in [0.4, 0.5) is 5.13 Å². The number of hydrazone groups is 1. The van der Waals surface area contributed by atoms with Gasteiger partial charge in [-0.3, -0.25) is 5.43 Å². The molecule has 0 aliphatic rings. The Kier molecular flexibility index (Phi) is 13.3. The number of esters is 4. The second-order valence-electron chi connectivity index (χ2n) is 11.5. The highest BCUT2D eigenvalue weighted by Crippen LogP contribution is 2.28. The van der Waals surface area contributed by atoms with Crippen molar-refractivity contribution in [1.82, 2.24) is 4.98 Å². The van der Waals surface area contributed by atoms with Gasteiger partial charge in [0.1, 0.15) is 36.2 Å². The molecule has 0 spiro atoms. The van der Waals surface area contributed by atoms with Gasteiger partial charge in [0.2, 0.25) is 5.13 Å². The monoisotopic (exact) mass is 749 g/mol. The minimum absolute atomic E-state index is 0.0172. The van der Waals surface area contributed by atoms with Crippen LogP contribution in [0, 0.1) is 0 Å². The van der Waals surface area contributed by atoms with Crippen molar-refractivity contribution in [3.8, 4) is 23.0 Å². The number of anilines is 1. The van der Waals surface area contributed by atoms with E-state index in [9.17, 15) is 19.2 Å². The molecule has 0 radical (unpaired) electrons. The number of nitrogens with zero attached hydrogens (tertiary/aromatic N) is 2. The van der Waals surface area contributed by atoms with Crippen LogP contribution >= 0.6 is 11.3 Å². The third kappa shape index (κ3) is 11.1. The fourth-order valence-corrected chi connectivity index (χ4v) is 5.38. The summed E-state index contributed by atoms with van der Waals surface area (Å²) >= 11 is 1.41. The summed E-state index contributed by atoms with van der Waals surface area (Å²) in [6.45, 7) is 10.1. The Labute approximate surface area is 314 Å². The molecule has 1 unspecified atom stereocenters. The number of aromatic nitrogens is 1. The summed E-state index contributed by atoms with van der Waals surface area (Å²) in [6.07, 6.45) is 2.43. The van der Waals surface area contributed by atoms with Crippen LogP contribution in [0.5, 0.6) is 23.0 Å². The molecule has 276 valence electrons. The predicted octanol–water partition coefficient (Wildman–Crippen LogP) is 7.17. The summed E-state index contributed by atoms with van der Waals surface area (Å²) in [5, 5.41) is 4.84. The van der Waals surface area contributed by atoms with E-state index in [0.717, 1.165) is 22.4 Å². The van der Waals surface area contributed by atoms with E-state index in [1.165, 1.54) is 60.0 Å². The highest BCUT2D eigenvalue weighted by atomic mass is 32.1. The second-order valence-corrected chi connectivity index (χ2v) is 12.5. The van der Waals surface area contributed by atoms with Crippen LogP contribution in [0.25, 0.3) is 10.2 Å². The van der Waals surface area contributed by atoms with Gasteiger partial charge in [0.05, 0.1) is 33.7 Å². The molecule has 0 amide bonds. The lowest BCUT2D eigenvalue weighted by Gasteiger charge is -2.17. The minimum atomic E-state index is -0.930. The topological polar surface area (TPSA) is 161 Å². The number of benzene rings is 4. The average Bonchev–Trinajstić information content (AvgIpc) is 3.59. The quantitative estimate of drug-likeness (QED) is 0.0336. The van der Waals surface area contributed by atoms with Gasteiger partial charge in [-0.1, -0.05) is 36.6 Å². The lowest BCUT2D eigenvalue weighted by atomic mass is 10.2. The van der Waals surface area contributed by atoms with Crippen LogP contribution in [0.1, 0.15) is 40.1 Å². The van der Waals surface area contributed by atoms with Crippen molar-refractivity contribution in [2.45, 2.75) is 26.1 Å². The number of nitrogens with one attached hydrogen (secondary N) is 1. The fraction of sp³-hybridized carbons (Fsp3) is 0.150. The molecule has 0 bridgehead atoms. The van der Waals surface area contributed by atoms with Gasteiger partial charge < -0.3 is 28.4 Å². The molecule has 0 aliphatic carbocycles. The molecule has 1 heterocycles. The fourth-order valence-electron chi connectivity index (χ4n) is 4.57. The number of ether oxygens (including phenoxy) is 6. The molecule has 1 aromatic heterocycles. The van der Waals surface area contributed by atoms with Gasteiger partial charge in [-0.2, -0.15) is 5.10 Å². The van der Waals surface area contributed by atoms with Crippen LogP contribution in [-0.4, -0.2) is 60.5 Å². The first kappa shape index (κ1) is 38.4. The van der Waals surface area contributed by atoms with Crippen molar-refractivity contribution in [2.75, 3.05) is 18.6 Å². The van der Waals surface area contributed by atoms with Crippen molar-refractivity contribution in [2.24, 2.45) is 5.10 Å². The maximum atomic E-state index is 13.3. The predicted molar refractivity (Wildman–Crippen MR) is 203 cm³/mol. The molecule has 5 rings (SSSR count). The van der Waals surface area contributed by atoms with Gasteiger partial charge in [-0.25, -0.2) is 24.2 Å². The maximum absolute atomic E-state index is 13.3. The summed E-state index contributed by atoms with van der Waals surface area (Å²) in [4.78, 5) is 53.9. The number of rotatable bonds is 17. The summed E-state index contributed by atoms with van der Waals surface area (Å²) in [5.41, 5.74) is 4.53. The van der Waals surface area contributed by atoms with Gasteiger partial charge in [0, 0.05) is 17.7 Å². The zero-order chi connectivity index (χ0) is 38.5. The molecule has 0 saturated carbocycles. The van der Waals surface area contributed by atoms with E-state index in [1.807, 2.05) is 38.1 Å². The van der Waals surface area contributed by atoms with Crippen LogP contribution in [0.2, 0.25) is 0 Å². The lowest BCUT2D eigenvalue weighted by Crippen LogP contribution is -2.30. The first-order valence-corrected chi connectivity index (χ1v) is 17.3. The maximum Gasteiger partial charge on any atom is 0.343 e. The number of hydrogen-bond donors (Lipinski definition) is 1. The van der Waals surface area contributed by atoms with Gasteiger partial charge in [-0.05, 0) is 92.7 Å². The van der Waals surface area contributed by atoms with Crippen LogP contribution in [0.3, 0.4) is 0 Å². The van der Waals surface area contributed by atoms with Gasteiger partial charge in [0.15, 0.2) is 6.10 Å². The first-order valence-electron chi connectivity index (χ1n) is 16.4. The normalized spacial score (nSPS) is 11.4. The summed E-state index contributed by atoms with van der Waals surface area (Å²) in [7, 11) is 0. The average molecular weight is 750 g/mol. The standard InChI is InChI=1S/C40H35N3O10S/c1-5-36(44)49-24-32(51-37(45)6-2)23-48-29-15-11-27(12-16-29)39(47)53-34-20-19-31(52-38(46)26-13-17-30(18-14-26)50-25(3)4)21-28(34)22-41-43-40-42-33-9-7-8-10-35(33)54-40/h5-22,25,32H,1-2,23-24H2,3-4H3,(H,42,43)/b41-22+. The van der Waals surface area contributed by atoms with Crippen molar-refractivity contribution in [3.05, 3.63) is 133 Å². The van der Waals surface area contributed by atoms with E-state index in [4.69, 9.17) is 28.4 Å². The summed E-state index contributed by atoms with van der Waals surface area (Å²) in [6, 6.07) is 24.7. The number of thiazole rings is 1. The van der Waals surface area contributed by atoms with Gasteiger partial charge in [-0.15, -0.1) is 0 Å². The van der Waals surface area contributed by atoms with Crippen LogP contribution < -0.4 is 24.4 Å². The Morgan fingerprint density at radius 1 is 0.796 bits per heavy atom. The largest absolute Gasteiger partial charge is 0.491 e. The van der Waals surface area contributed by atoms with E-state index in [2.05, 4.69) is 28.7 Å². The highest BCUT2D eigenvalue weighted by molar-refractivity contribution is 7.22. The molecular weight excluding hydrogens is 715 g/mol. The lowest BCUT2D eigenvalue weighted by molar-refractivity contribution is -0.154. The molecule has 54 heavy (non-hydrogen) atoms. The zero-order valence-corrected chi connectivity index (χ0v) is 30.1. The molecule has 0 fully saturated rings. The van der Waals surface area contributed by atoms with E-state index in [0.29, 0.717) is 27.8 Å². The Morgan fingerprint density at radius 3 is 2.11 bits per heavy atom. The first-order chi connectivity index (χ1) is 26.1. The van der Waals surface area contributed by atoms with E-state index in [1.54, 1.807) is 24.3 Å². The third-order valence-corrected chi connectivity index (χ3v) is 8.01. The molecular formula is C40H35N3O10S. The number of carbonyl (C=O) groups excluding carboxylic acids is 4. The van der Waals surface area contributed by atoms with Crippen molar-refractivity contribution in [1.29, 1.82) is 0 Å². The number of fused-ring (bicyclic) bond motifs is 1. The summed E-state index contributed by atoms with van der Waals surface area (Å²) < 4.78 is 33.8. The highest BCUT2D eigenvalue weighted by Gasteiger charge is 2.18. The van der Waals surface area contributed by atoms with Crippen molar-refractivity contribution in [3.63, 3.8) is 0 Å². The molecule has 14 heteroatoms. The molecule has 13 nitrogen and oxygen atoms in total. The Hall–Kier alpha value is -6.80. The molecule has 0 aliphatic heterocycles. The molecule has 1 N–H and O–H groups in total.